The van der Waals surface area contributed by atoms with Crippen LogP contribution in [-0.2, 0) is 0 Å². The molecule has 3 rings (SSSR count). The van der Waals surface area contributed by atoms with E-state index in [2.05, 4.69) is 41.8 Å². The summed E-state index contributed by atoms with van der Waals surface area (Å²) in [4.78, 5) is 7.50. The van der Waals surface area contributed by atoms with Crippen LogP contribution in [0.3, 0.4) is 0 Å². The Bertz CT molecular complexity index is 737. The third kappa shape index (κ3) is 2.08. The van der Waals surface area contributed by atoms with E-state index >= 15 is 0 Å². The number of benzene rings is 2. The predicted molar refractivity (Wildman–Crippen MR) is 76.9 cm³/mol. The third-order valence-electron chi connectivity index (χ3n) is 2.63. The van der Waals surface area contributed by atoms with Gasteiger partial charge in [0.2, 0.25) is 0 Å². The van der Waals surface area contributed by atoms with Gasteiger partial charge in [-0.25, -0.2) is 9.37 Å². The van der Waals surface area contributed by atoms with Gasteiger partial charge in [-0.15, -0.1) is 0 Å². The van der Waals surface area contributed by atoms with Crippen LogP contribution >= 0.6 is 31.9 Å². The first-order valence-electron chi connectivity index (χ1n) is 5.24. The number of aromatic nitrogens is 2. The molecular formula is C13H7Br2FN2. The van der Waals surface area contributed by atoms with E-state index in [1.165, 1.54) is 6.07 Å². The SMILES string of the molecule is Fc1cc(Br)ccc1-c1nc2ccc(Br)cc2[nH]1. The molecule has 0 saturated heterocycles. The molecule has 0 unspecified atom stereocenters. The lowest BCUT2D eigenvalue weighted by atomic mass is 10.2. The molecule has 0 atom stereocenters. The van der Waals surface area contributed by atoms with E-state index in [1.54, 1.807) is 12.1 Å². The van der Waals surface area contributed by atoms with E-state index < -0.39 is 0 Å². The van der Waals surface area contributed by atoms with Crippen molar-refractivity contribution in [3.05, 3.63) is 51.2 Å². The molecule has 0 amide bonds. The van der Waals surface area contributed by atoms with Gasteiger partial charge in [0.15, 0.2) is 0 Å². The first-order valence-corrected chi connectivity index (χ1v) is 6.83. The molecule has 0 saturated carbocycles. The average molecular weight is 370 g/mol. The largest absolute Gasteiger partial charge is 0.338 e. The van der Waals surface area contributed by atoms with E-state index in [0.717, 1.165) is 15.5 Å². The maximum atomic E-state index is 13.8. The van der Waals surface area contributed by atoms with Crippen molar-refractivity contribution in [3.63, 3.8) is 0 Å². The lowest BCUT2D eigenvalue weighted by Gasteiger charge is -1.99. The molecule has 0 bridgehead atoms. The van der Waals surface area contributed by atoms with Crippen molar-refractivity contribution in [3.8, 4) is 11.4 Å². The predicted octanol–water partition coefficient (Wildman–Crippen LogP) is 4.89. The number of imidazole rings is 1. The number of rotatable bonds is 1. The highest BCUT2D eigenvalue weighted by Crippen LogP contribution is 2.26. The van der Waals surface area contributed by atoms with Crippen LogP contribution in [0.25, 0.3) is 22.4 Å². The molecular weight excluding hydrogens is 363 g/mol. The quantitative estimate of drug-likeness (QED) is 0.649. The summed E-state index contributed by atoms with van der Waals surface area (Å²) in [5.41, 5.74) is 2.16. The number of hydrogen-bond donors (Lipinski definition) is 1. The van der Waals surface area contributed by atoms with Crippen molar-refractivity contribution in [1.82, 2.24) is 9.97 Å². The van der Waals surface area contributed by atoms with Crippen molar-refractivity contribution in [1.29, 1.82) is 0 Å². The number of nitrogens with zero attached hydrogens (tertiary/aromatic N) is 1. The maximum Gasteiger partial charge on any atom is 0.141 e. The standard InChI is InChI=1S/C13H7Br2FN2/c14-7-1-3-9(10(16)5-7)13-17-11-4-2-8(15)6-12(11)18-13/h1-6H,(H,17,18). The third-order valence-corrected chi connectivity index (χ3v) is 3.62. The van der Waals surface area contributed by atoms with Crippen molar-refractivity contribution in [2.75, 3.05) is 0 Å². The fourth-order valence-corrected chi connectivity index (χ4v) is 2.49. The lowest BCUT2D eigenvalue weighted by molar-refractivity contribution is 0.629. The van der Waals surface area contributed by atoms with E-state index in [9.17, 15) is 4.39 Å². The summed E-state index contributed by atoms with van der Waals surface area (Å²) in [6.07, 6.45) is 0. The first kappa shape index (κ1) is 11.9. The Kier molecular flexibility index (Phi) is 2.95. The highest BCUT2D eigenvalue weighted by Gasteiger charge is 2.10. The van der Waals surface area contributed by atoms with Gasteiger partial charge in [0.1, 0.15) is 11.6 Å². The Morgan fingerprint density at radius 2 is 1.72 bits per heavy atom. The average Bonchev–Trinajstić information content (AvgIpc) is 2.71. The van der Waals surface area contributed by atoms with Gasteiger partial charge in [-0.2, -0.15) is 0 Å². The minimum Gasteiger partial charge on any atom is -0.338 e. The molecule has 2 aromatic carbocycles. The minimum absolute atomic E-state index is 0.303. The van der Waals surface area contributed by atoms with E-state index in [-0.39, 0.29) is 5.82 Å². The smallest absolute Gasteiger partial charge is 0.141 e. The van der Waals surface area contributed by atoms with E-state index in [4.69, 9.17) is 0 Å². The summed E-state index contributed by atoms with van der Waals surface area (Å²) in [6, 6.07) is 10.6. The lowest BCUT2D eigenvalue weighted by Crippen LogP contribution is -1.86. The molecule has 2 nitrogen and oxygen atoms in total. The number of fused-ring (bicyclic) bond motifs is 1. The van der Waals surface area contributed by atoms with Crippen LogP contribution in [0, 0.1) is 5.82 Å². The fourth-order valence-electron chi connectivity index (χ4n) is 1.79. The molecule has 90 valence electrons. The van der Waals surface area contributed by atoms with Crippen LogP contribution in [-0.4, -0.2) is 9.97 Å². The molecule has 0 aliphatic carbocycles. The zero-order valence-electron chi connectivity index (χ0n) is 9.05. The molecule has 0 radical (unpaired) electrons. The summed E-state index contributed by atoms with van der Waals surface area (Å²) in [6.45, 7) is 0. The summed E-state index contributed by atoms with van der Waals surface area (Å²) in [5, 5.41) is 0. The molecule has 0 fully saturated rings. The minimum atomic E-state index is -0.303. The van der Waals surface area contributed by atoms with Gasteiger partial charge >= 0.3 is 0 Å². The van der Waals surface area contributed by atoms with Gasteiger partial charge in [-0.1, -0.05) is 31.9 Å². The normalized spacial score (nSPS) is 11.1. The monoisotopic (exact) mass is 368 g/mol. The topological polar surface area (TPSA) is 28.7 Å². The molecule has 1 aromatic heterocycles. The number of nitrogens with one attached hydrogen (secondary N) is 1. The zero-order valence-corrected chi connectivity index (χ0v) is 12.2. The Labute approximate surface area is 119 Å². The van der Waals surface area contributed by atoms with Gasteiger partial charge in [-0.3, -0.25) is 0 Å². The second-order valence-electron chi connectivity index (χ2n) is 3.87. The Morgan fingerprint density at radius 1 is 1.00 bits per heavy atom. The van der Waals surface area contributed by atoms with Gasteiger partial charge in [0.05, 0.1) is 16.6 Å². The Hall–Kier alpha value is -1.20. The van der Waals surface area contributed by atoms with Crippen LogP contribution in [0.1, 0.15) is 0 Å². The fraction of sp³-hybridized carbons (Fsp3) is 0. The molecule has 18 heavy (non-hydrogen) atoms. The zero-order chi connectivity index (χ0) is 12.7. The molecule has 0 spiro atoms. The van der Waals surface area contributed by atoms with Crippen LogP contribution in [0.2, 0.25) is 0 Å². The van der Waals surface area contributed by atoms with Crippen molar-refractivity contribution in [2.24, 2.45) is 0 Å². The molecule has 5 heteroatoms. The second kappa shape index (κ2) is 4.48. The molecule has 1 heterocycles. The van der Waals surface area contributed by atoms with Crippen molar-refractivity contribution < 1.29 is 4.39 Å². The van der Waals surface area contributed by atoms with Crippen molar-refractivity contribution >= 4 is 42.9 Å². The highest BCUT2D eigenvalue weighted by molar-refractivity contribution is 9.10. The van der Waals surface area contributed by atoms with Crippen LogP contribution in [0.4, 0.5) is 4.39 Å². The summed E-state index contributed by atoms with van der Waals surface area (Å²) < 4.78 is 15.5. The van der Waals surface area contributed by atoms with Crippen LogP contribution < -0.4 is 0 Å². The number of H-pyrrole nitrogens is 1. The highest BCUT2D eigenvalue weighted by atomic mass is 79.9. The first-order chi connectivity index (χ1) is 8.63. The second-order valence-corrected chi connectivity index (χ2v) is 5.70. The van der Waals surface area contributed by atoms with E-state index in [1.807, 2.05) is 18.2 Å². The molecule has 0 aliphatic heterocycles. The maximum absolute atomic E-state index is 13.8. The van der Waals surface area contributed by atoms with Gasteiger partial charge in [0.25, 0.3) is 0 Å². The number of halogens is 3. The van der Waals surface area contributed by atoms with Gasteiger partial charge in [0, 0.05) is 8.95 Å². The number of aromatic amines is 1. The molecule has 1 N–H and O–H groups in total. The van der Waals surface area contributed by atoms with Gasteiger partial charge in [-0.05, 0) is 36.4 Å². The number of hydrogen-bond acceptors (Lipinski definition) is 1. The summed E-state index contributed by atoms with van der Waals surface area (Å²) in [7, 11) is 0. The van der Waals surface area contributed by atoms with Crippen LogP contribution in [0.5, 0.6) is 0 Å². The summed E-state index contributed by atoms with van der Waals surface area (Å²) >= 11 is 6.63. The molecule has 3 aromatic rings. The van der Waals surface area contributed by atoms with Crippen LogP contribution in [0.15, 0.2) is 45.3 Å². The van der Waals surface area contributed by atoms with Crippen molar-refractivity contribution in [2.45, 2.75) is 0 Å². The Balaban J connectivity index is 2.19. The van der Waals surface area contributed by atoms with Gasteiger partial charge < -0.3 is 4.98 Å². The molecule has 0 aliphatic rings. The van der Waals surface area contributed by atoms with E-state index in [0.29, 0.717) is 15.9 Å². The summed E-state index contributed by atoms with van der Waals surface area (Å²) in [5.74, 6) is 0.232. The Morgan fingerprint density at radius 3 is 2.50 bits per heavy atom.